The average molecular weight is 352 g/mol. The van der Waals surface area contributed by atoms with Gasteiger partial charge in [-0.3, -0.25) is 9.59 Å². The molecule has 0 aliphatic carbocycles. The van der Waals surface area contributed by atoms with Gasteiger partial charge in [-0.05, 0) is 30.3 Å². The fourth-order valence-corrected chi connectivity index (χ4v) is 2.51. The zero-order valence-corrected chi connectivity index (χ0v) is 14.3. The average Bonchev–Trinajstić information content (AvgIpc) is 2.68. The van der Waals surface area contributed by atoms with Crippen LogP contribution in [0, 0.1) is 0 Å². The van der Waals surface area contributed by atoms with E-state index in [-0.39, 0.29) is 17.0 Å². The first kappa shape index (κ1) is 17.3. The SMILES string of the molecule is COc1ccc(C(=O)COC(=O)c2nn(C)c(=O)c3ccccc23)cc1. The Morgan fingerprint density at radius 2 is 1.69 bits per heavy atom. The minimum Gasteiger partial charge on any atom is -0.497 e. The van der Waals surface area contributed by atoms with E-state index < -0.39 is 12.6 Å². The van der Waals surface area contributed by atoms with E-state index in [4.69, 9.17) is 9.47 Å². The normalized spacial score (nSPS) is 10.5. The van der Waals surface area contributed by atoms with Gasteiger partial charge in [-0.1, -0.05) is 18.2 Å². The maximum atomic E-state index is 12.4. The van der Waals surface area contributed by atoms with E-state index in [1.807, 2.05) is 0 Å². The molecule has 0 unspecified atom stereocenters. The van der Waals surface area contributed by atoms with Gasteiger partial charge >= 0.3 is 5.97 Å². The molecule has 26 heavy (non-hydrogen) atoms. The van der Waals surface area contributed by atoms with Crippen LogP contribution in [-0.4, -0.2) is 35.2 Å². The first-order chi connectivity index (χ1) is 12.5. The number of ketones is 1. The zero-order valence-electron chi connectivity index (χ0n) is 14.3. The highest BCUT2D eigenvalue weighted by molar-refractivity contribution is 6.04. The molecule has 0 saturated heterocycles. The van der Waals surface area contributed by atoms with Crippen LogP contribution >= 0.6 is 0 Å². The smallest absolute Gasteiger partial charge is 0.359 e. The third kappa shape index (κ3) is 3.32. The van der Waals surface area contributed by atoms with Crippen molar-refractivity contribution in [3.63, 3.8) is 0 Å². The number of ether oxygens (including phenoxy) is 2. The molecule has 0 bridgehead atoms. The van der Waals surface area contributed by atoms with E-state index in [9.17, 15) is 14.4 Å². The molecule has 0 atom stereocenters. The van der Waals surface area contributed by atoms with Crippen molar-refractivity contribution in [1.29, 1.82) is 0 Å². The quantitative estimate of drug-likeness (QED) is 0.515. The topological polar surface area (TPSA) is 87.5 Å². The molecule has 0 saturated carbocycles. The summed E-state index contributed by atoms with van der Waals surface area (Å²) in [4.78, 5) is 36.6. The highest BCUT2D eigenvalue weighted by atomic mass is 16.5. The molecule has 0 aliphatic rings. The molecule has 0 spiro atoms. The lowest BCUT2D eigenvalue weighted by molar-refractivity contribution is 0.0469. The summed E-state index contributed by atoms with van der Waals surface area (Å²) in [7, 11) is 2.98. The standard InChI is InChI=1S/C19H16N2O5/c1-21-18(23)15-6-4-3-5-14(15)17(20-21)19(24)26-11-16(22)12-7-9-13(25-2)10-8-12/h3-10H,11H2,1-2H3. The predicted molar refractivity (Wildman–Crippen MR) is 94.6 cm³/mol. The Morgan fingerprint density at radius 1 is 1.04 bits per heavy atom. The van der Waals surface area contributed by atoms with Crippen molar-refractivity contribution in [2.24, 2.45) is 7.05 Å². The van der Waals surface area contributed by atoms with Crippen molar-refractivity contribution in [3.05, 3.63) is 70.1 Å². The minimum atomic E-state index is -0.765. The van der Waals surface area contributed by atoms with Crippen LogP contribution in [0.15, 0.2) is 53.3 Å². The molecular formula is C19H16N2O5. The van der Waals surface area contributed by atoms with Gasteiger partial charge in [0.2, 0.25) is 0 Å². The Labute approximate surface area is 148 Å². The maximum Gasteiger partial charge on any atom is 0.359 e. The van der Waals surface area contributed by atoms with Gasteiger partial charge in [0.05, 0.1) is 12.5 Å². The molecular weight excluding hydrogens is 336 g/mol. The van der Waals surface area contributed by atoms with E-state index >= 15 is 0 Å². The van der Waals surface area contributed by atoms with Crippen molar-refractivity contribution < 1.29 is 19.1 Å². The Hall–Kier alpha value is -3.48. The third-order valence-electron chi connectivity index (χ3n) is 3.90. The number of aromatic nitrogens is 2. The van der Waals surface area contributed by atoms with Crippen LogP contribution in [-0.2, 0) is 11.8 Å². The van der Waals surface area contributed by atoms with Crippen molar-refractivity contribution in [2.45, 2.75) is 0 Å². The van der Waals surface area contributed by atoms with Crippen molar-refractivity contribution in [2.75, 3.05) is 13.7 Å². The Bertz CT molecular complexity index is 1040. The summed E-state index contributed by atoms with van der Waals surface area (Å²) in [5.74, 6) is -0.492. The van der Waals surface area contributed by atoms with Gasteiger partial charge in [0.15, 0.2) is 18.1 Å². The number of methoxy groups -OCH3 is 1. The van der Waals surface area contributed by atoms with Crippen LogP contribution in [0.3, 0.4) is 0 Å². The first-order valence-corrected chi connectivity index (χ1v) is 7.81. The second-order valence-electron chi connectivity index (χ2n) is 5.55. The number of esters is 1. The summed E-state index contributed by atoms with van der Waals surface area (Å²) in [5.41, 5.74) is 0.0774. The molecule has 1 heterocycles. The molecule has 3 aromatic rings. The third-order valence-corrected chi connectivity index (χ3v) is 3.90. The van der Waals surface area contributed by atoms with Crippen LogP contribution in [0.4, 0.5) is 0 Å². The number of nitrogens with zero attached hydrogens (tertiary/aromatic N) is 2. The van der Waals surface area contributed by atoms with Crippen LogP contribution in [0.25, 0.3) is 10.8 Å². The Morgan fingerprint density at radius 3 is 2.35 bits per heavy atom. The Kier molecular flexibility index (Phi) is 4.79. The van der Waals surface area contributed by atoms with Crippen LogP contribution in [0.2, 0.25) is 0 Å². The highest BCUT2D eigenvalue weighted by Gasteiger charge is 2.18. The van der Waals surface area contributed by atoms with Gasteiger partial charge in [-0.25, -0.2) is 9.48 Å². The summed E-state index contributed by atoms with van der Waals surface area (Å²) in [6.45, 7) is -0.427. The fourth-order valence-electron chi connectivity index (χ4n) is 2.51. The lowest BCUT2D eigenvalue weighted by atomic mass is 10.1. The molecule has 7 heteroatoms. The van der Waals surface area contributed by atoms with Gasteiger partial charge in [0.25, 0.3) is 5.56 Å². The molecule has 3 rings (SSSR count). The number of rotatable bonds is 5. The second-order valence-corrected chi connectivity index (χ2v) is 5.55. The minimum absolute atomic E-state index is 0.00905. The Balaban J connectivity index is 1.80. The molecule has 1 aromatic heterocycles. The highest BCUT2D eigenvalue weighted by Crippen LogP contribution is 2.15. The van der Waals surface area contributed by atoms with E-state index in [1.165, 1.54) is 14.2 Å². The van der Waals surface area contributed by atoms with E-state index in [0.29, 0.717) is 22.1 Å². The van der Waals surface area contributed by atoms with Crippen LogP contribution < -0.4 is 10.3 Å². The van der Waals surface area contributed by atoms with Gasteiger partial charge in [0.1, 0.15) is 5.75 Å². The number of aryl methyl sites for hydroxylation is 1. The lowest BCUT2D eigenvalue weighted by Gasteiger charge is -2.08. The molecule has 2 aromatic carbocycles. The van der Waals surface area contributed by atoms with E-state index in [1.54, 1.807) is 48.5 Å². The van der Waals surface area contributed by atoms with Gasteiger partial charge in [0, 0.05) is 18.0 Å². The molecule has 132 valence electrons. The molecule has 0 fully saturated rings. The van der Waals surface area contributed by atoms with E-state index in [2.05, 4.69) is 5.10 Å². The molecule has 0 N–H and O–H groups in total. The fraction of sp³-hybridized carbons (Fsp3) is 0.158. The number of Topliss-reactive ketones (excluding diaryl/α,β-unsaturated/α-hetero) is 1. The van der Waals surface area contributed by atoms with E-state index in [0.717, 1.165) is 4.68 Å². The molecule has 0 radical (unpaired) electrons. The second kappa shape index (κ2) is 7.18. The van der Waals surface area contributed by atoms with Crippen LogP contribution in [0.5, 0.6) is 5.75 Å². The summed E-state index contributed by atoms with van der Waals surface area (Å²) < 4.78 is 11.2. The number of fused-ring (bicyclic) bond motifs is 1. The van der Waals surface area contributed by atoms with Gasteiger partial charge in [-0.15, -0.1) is 0 Å². The van der Waals surface area contributed by atoms with Crippen molar-refractivity contribution >= 4 is 22.5 Å². The summed E-state index contributed by atoms with van der Waals surface area (Å²) in [5, 5.41) is 4.72. The molecule has 7 nitrogen and oxygen atoms in total. The maximum absolute atomic E-state index is 12.4. The molecule has 0 amide bonds. The first-order valence-electron chi connectivity index (χ1n) is 7.81. The predicted octanol–water partition coefficient (Wildman–Crippen LogP) is 1.98. The largest absolute Gasteiger partial charge is 0.497 e. The number of hydrogen-bond donors (Lipinski definition) is 0. The number of carbonyl (C=O) groups is 2. The number of hydrogen-bond acceptors (Lipinski definition) is 6. The number of benzene rings is 2. The van der Waals surface area contributed by atoms with Crippen LogP contribution in [0.1, 0.15) is 20.8 Å². The van der Waals surface area contributed by atoms with Crippen molar-refractivity contribution in [3.8, 4) is 5.75 Å². The lowest BCUT2D eigenvalue weighted by Crippen LogP contribution is -2.24. The summed E-state index contributed by atoms with van der Waals surface area (Å²) in [6, 6.07) is 13.1. The van der Waals surface area contributed by atoms with Gasteiger partial charge in [-0.2, -0.15) is 5.10 Å². The number of carbonyl (C=O) groups excluding carboxylic acids is 2. The monoisotopic (exact) mass is 352 g/mol. The van der Waals surface area contributed by atoms with Gasteiger partial charge < -0.3 is 9.47 Å². The van der Waals surface area contributed by atoms with Crippen molar-refractivity contribution in [1.82, 2.24) is 9.78 Å². The zero-order chi connectivity index (χ0) is 18.7. The molecule has 0 aliphatic heterocycles. The summed E-state index contributed by atoms with van der Waals surface area (Å²) in [6.07, 6.45) is 0. The summed E-state index contributed by atoms with van der Waals surface area (Å²) >= 11 is 0.